The Hall–Kier alpha value is -3.86. The van der Waals surface area contributed by atoms with E-state index < -0.39 is 0 Å². The van der Waals surface area contributed by atoms with Gasteiger partial charge in [0.2, 0.25) is 11.7 Å². The average Bonchev–Trinajstić information content (AvgIpc) is 3.49. The molecule has 0 atom stereocenters. The number of rotatable bonds is 10. The van der Waals surface area contributed by atoms with Crippen molar-refractivity contribution in [1.29, 1.82) is 0 Å². The monoisotopic (exact) mass is 491 g/mol. The summed E-state index contributed by atoms with van der Waals surface area (Å²) in [4.78, 5) is 43.2. The summed E-state index contributed by atoms with van der Waals surface area (Å²) in [5, 5.41) is 16.2. The van der Waals surface area contributed by atoms with Gasteiger partial charge < -0.3 is 5.32 Å². The molecule has 0 radical (unpaired) electrons. The van der Waals surface area contributed by atoms with Gasteiger partial charge in [-0.3, -0.25) is 24.3 Å². The van der Waals surface area contributed by atoms with Gasteiger partial charge in [0.25, 0.3) is 11.1 Å². The highest BCUT2D eigenvalue weighted by molar-refractivity contribution is 8.18. The molecule has 0 saturated carbocycles. The zero-order valence-electron chi connectivity index (χ0n) is 19.2. The summed E-state index contributed by atoms with van der Waals surface area (Å²) in [6.07, 6.45) is 7.18. The number of aromatic nitrogens is 5. The molecule has 1 saturated heterocycles. The number of hydrogen-bond acceptors (Lipinski definition) is 8. The number of pyridine rings is 1. The van der Waals surface area contributed by atoms with Crippen molar-refractivity contribution in [3.05, 3.63) is 58.8 Å². The lowest BCUT2D eigenvalue weighted by Gasteiger charge is -2.12. The highest BCUT2D eigenvalue weighted by Gasteiger charge is 2.34. The molecule has 180 valence electrons. The lowest BCUT2D eigenvalue weighted by Crippen LogP contribution is -2.29. The Balaban J connectivity index is 1.25. The zero-order valence-corrected chi connectivity index (χ0v) is 20.0. The maximum absolute atomic E-state index is 12.7. The number of tetrazole rings is 1. The van der Waals surface area contributed by atoms with Crippen molar-refractivity contribution < 1.29 is 14.4 Å². The number of carbonyl (C=O) groups is 3. The first kappa shape index (κ1) is 24.3. The number of anilines is 1. The number of hydrogen-bond donors (Lipinski definition) is 2. The van der Waals surface area contributed by atoms with Crippen LogP contribution < -0.4 is 5.32 Å². The van der Waals surface area contributed by atoms with Gasteiger partial charge in [-0.15, -0.1) is 10.2 Å². The maximum Gasteiger partial charge on any atom is 0.293 e. The van der Waals surface area contributed by atoms with Crippen LogP contribution in [0.5, 0.6) is 0 Å². The fourth-order valence-electron chi connectivity index (χ4n) is 3.49. The maximum atomic E-state index is 12.7. The number of nitrogens with one attached hydrogen (secondary N) is 2. The Morgan fingerprint density at radius 2 is 1.97 bits per heavy atom. The lowest BCUT2D eigenvalue weighted by atomic mass is 10.1. The van der Waals surface area contributed by atoms with Crippen LogP contribution in [0.15, 0.2) is 47.5 Å². The Morgan fingerprint density at radius 3 is 2.66 bits per heavy atom. The minimum atomic E-state index is -0.352. The van der Waals surface area contributed by atoms with Crippen LogP contribution in [-0.2, 0) is 16.0 Å². The van der Waals surface area contributed by atoms with Crippen LogP contribution in [0, 0.1) is 0 Å². The number of thioether (sulfide) groups is 1. The number of benzene rings is 1. The Labute approximate surface area is 206 Å². The third-order valence-electron chi connectivity index (χ3n) is 5.38. The normalized spacial score (nSPS) is 14.7. The van der Waals surface area contributed by atoms with E-state index >= 15 is 0 Å². The average molecular weight is 492 g/mol. The van der Waals surface area contributed by atoms with Gasteiger partial charge in [0.15, 0.2) is 0 Å². The zero-order chi connectivity index (χ0) is 24.6. The minimum Gasteiger partial charge on any atom is -0.326 e. The molecule has 11 heteroatoms. The Morgan fingerprint density at radius 1 is 1.14 bits per heavy atom. The SMILES string of the molecule is CCCCc1ccc(/C=C2\SC(=O)N(CCCC(=O)Nc3ccc(-c4nn[nH]n4)cc3)C2=O)nc1. The first-order valence-electron chi connectivity index (χ1n) is 11.4. The number of H-pyrrole nitrogens is 1. The first-order chi connectivity index (χ1) is 17.0. The van der Waals surface area contributed by atoms with Crippen LogP contribution in [0.25, 0.3) is 17.5 Å². The molecule has 3 heterocycles. The second kappa shape index (κ2) is 11.5. The molecular formula is C24H25N7O3S. The standard InChI is InChI=1S/C24H25N7O3S/c1-2-3-5-16-7-10-19(25-15-16)14-20-23(33)31(24(34)35-20)13-4-6-21(32)26-18-11-8-17(9-12-18)22-27-29-30-28-22/h7-12,14-15H,2-6,13H2,1H3,(H,26,32)(H,27,28,29,30)/b20-14-. The van der Waals surface area contributed by atoms with Crippen LogP contribution in [-0.4, -0.2) is 54.1 Å². The van der Waals surface area contributed by atoms with E-state index in [1.54, 1.807) is 30.3 Å². The number of imide groups is 1. The smallest absolute Gasteiger partial charge is 0.293 e. The molecule has 35 heavy (non-hydrogen) atoms. The molecule has 1 aromatic carbocycles. The van der Waals surface area contributed by atoms with Crippen molar-refractivity contribution in [3.8, 4) is 11.4 Å². The number of amides is 3. The van der Waals surface area contributed by atoms with Crippen LogP contribution in [0.3, 0.4) is 0 Å². The van der Waals surface area contributed by atoms with Gasteiger partial charge in [-0.25, -0.2) is 0 Å². The highest BCUT2D eigenvalue weighted by Crippen LogP contribution is 2.32. The van der Waals surface area contributed by atoms with E-state index in [1.165, 1.54) is 4.90 Å². The van der Waals surface area contributed by atoms with E-state index in [2.05, 4.69) is 37.8 Å². The van der Waals surface area contributed by atoms with E-state index in [9.17, 15) is 14.4 Å². The van der Waals surface area contributed by atoms with E-state index in [0.717, 1.165) is 42.2 Å². The quantitative estimate of drug-likeness (QED) is 0.406. The second-order valence-electron chi connectivity index (χ2n) is 7.99. The minimum absolute atomic E-state index is 0.175. The van der Waals surface area contributed by atoms with Gasteiger partial charge in [-0.1, -0.05) is 19.4 Å². The topological polar surface area (TPSA) is 134 Å². The van der Waals surface area contributed by atoms with Gasteiger partial charge in [-0.2, -0.15) is 5.21 Å². The molecule has 1 aliphatic rings. The molecule has 1 aliphatic heterocycles. The van der Waals surface area contributed by atoms with Gasteiger partial charge >= 0.3 is 0 Å². The summed E-state index contributed by atoms with van der Waals surface area (Å²) in [6, 6.07) is 10.9. The number of unbranched alkanes of at least 4 members (excludes halogenated alkanes) is 1. The third kappa shape index (κ3) is 6.38. The molecule has 3 aromatic rings. The molecule has 3 amide bonds. The largest absolute Gasteiger partial charge is 0.326 e. The second-order valence-corrected chi connectivity index (χ2v) is 8.99. The van der Waals surface area contributed by atoms with Crippen LogP contribution in [0.1, 0.15) is 43.9 Å². The summed E-state index contributed by atoms with van der Waals surface area (Å²) in [5.41, 5.74) is 3.19. The first-order valence-corrected chi connectivity index (χ1v) is 12.2. The van der Waals surface area contributed by atoms with E-state index in [1.807, 2.05) is 18.3 Å². The summed E-state index contributed by atoms with van der Waals surface area (Å²) < 4.78 is 0. The number of aryl methyl sites for hydroxylation is 1. The van der Waals surface area contributed by atoms with Crippen molar-refractivity contribution in [3.63, 3.8) is 0 Å². The molecule has 0 spiro atoms. The van der Waals surface area contributed by atoms with Gasteiger partial charge in [0, 0.05) is 30.4 Å². The lowest BCUT2D eigenvalue weighted by molar-refractivity contribution is -0.123. The molecule has 4 rings (SSSR count). The predicted molar refractivity (Wildman–Crippen MR) is 133 cm³/mol. The van der Waals surface area contributed by atoms with E-state index in [0.29, 0.717) is 28.5 Å². The fraction of sp³-hybridized carbons (Fsp3) is 0.292. The highest BCUT2D eigenvalue weighted by atomic mass is 32.2. The van der Waals surface area contributed by atoms with Crippen LogP contribution in [0.4, 0.5) is 10.5 Å². The molecule has 0 bridgehead atoms. The summed E-state index contributed by atoms with van der Waals surface area (Å²) >= 11 is 0.897. The number of nitrogens with zero attached hydrogens (tertiary/aromatic N) is 5. The third-order valence-corrected chi connectivity index (χ3v) is 6.28. The molecule has 10 nitrogen and oxygen atoms in total. The van der Waals surface area contributed by atoms with Gasteiger partial charge in [0.1, 0.15) is 0 Å². The van der Waals surface area contributed by atoms with Gasteiger partial charge in [0.05, 0.1) is 10.6 Å². The van der Waals surface area contributed by atoms with Crippen molar-refractivity contribution >= 4 is 40.6 Å². The van der Waals surface area contributed by atoms with E-state index in [4.69, 9.17) is 0 Å². The Bertz CT molecular complexity index is 1210. The molecule has 0 aliphatic carbocycles. The molecule has 1 fully saturated rings. The molecule has 2 aromatic heterocycles. The van der Waals surface area contributed by atoms with E-state index in [-0.39, 0.29) is 30.0 Å². The molecule has 2 N–H and O–H groups in total. The summed E-state index contributed by atoms with van der Waals surface area (Å²) in [6.45, 7) is 2.32. The molecule has 0 unspecified atom stereocenters. The van der Waals surface area contributed by atoms with Crippen molar-refractivity contribution in [2.75, 3.05) is 11.9 Å². The summed E-state index contributed by atoms with van der Waals surface area (Å²) in [7, 11) is 0. The van der Waals surface area contributed by atoms with Crippen LogP contribution in [0.2, 0.25) is 0 Å². The van der Waals surface area contributed by atoms with Crippen LogP contribution >= 0.6 is 11.8 Å². The van der Waals surface area contributed by atoms with Gasteiger partial charge in [-0.05, 0) is 78.2 Å². The summed E-state index contributed by atoms with van der Waals surface area (Å²) in [5.74, 6) is -0.0876. The number of aromatic amines is 1. The van der Waals surface area contributed by atoms with Crippen molar-refractivity contribution in [1.82, 2.24) is 30.5 Å². The van der Waals surface area contributed by atoms with Crippen molar-refractivity contribution in [2.24, 2.45) is 0 Å². The predicted octanol–water partition coefficient (Wildman–Crippen LogP) is 4.06. The number of carbonyl (C=O) groups excluding carboxylic acids is 3. The fourth-order valence-corrected chi connectivity index (χ4v) is 4.33. The Kier molecular flexibility index (Phi) is 7.99. The van der Waals surface area contributed by atoms with Crippen molar-refractivity contribution in [2.45, 2.75) is 39.0 Å². The molecular weight excluding hydrogens is 466 g/mol.